The van der Waals surface area contributed by atoms with Crippen LogP contribution in [0.3, 0.4) is 0 Å². The summed E-state index contributed by atoms with van der Waals surface area (Å²) >= 11 is 0. The zero-order chi connectivity index (χ0) is 30.8. The molecule has 0 atom stereocenters. The van der Waals surface area contributed by atoms with Gasteiger partial charge in [0.1, 0.15) is 0 Å². The van der Waals surface area contributed by atoms with Crippen LogP contribution in [0.5, 0.6) is 0 Å². The highest BCUT2D eigenvalue weighted by Gasteiger charge is 2.41. The Balaban J connectivity index is 1.24. The Labute approximate surface area is 278 Å². The lowest BCUT2D eigenvalue weighted by molar-refractivity contribution is 1.14. The van der Waals surface area contributed by atoms with Crippen molar-refractivity contribution in [2.45, 2.75) is 12.8 Å². The van der Waals surface area contributed by atoms with Crippen LogP contribution in [0.25, 0.3) is 55.0 Å². The molecule has 4 heteroatoms. The molecule has 48 heavy (non-hydrogen) atoms. The van der Waals surface area contributed by atoms with Crippen LogP contribution >= 0.6 is 0 Å². The van der Waals surface area contributed by atoms with Gasteiger partial charge in [-0.1, -0.05) is 126 Å². The Morgan fingerprint density at radius 2 is 0.875 bits per heavy atom. The minimum Gasteiger partial charge on any atom is -0.310 e. The molecule has 0 N–H and O–H groups in total. The monoisotopic (exact) mass is 604 g/mol. The molecule has 13 rings (SSSR count). The summed E-state index contributed by atoms with van der Waals surface area (Å²) < 4.78 is 5.26. The lowest BCUT2D eigenvalue weighted by atomic mass is 9.32. The number of nitrogens with zero attached hydrogens (tertiary/aromatic N) is 2. The van der Waals surface area contributed by atoms with Crippen molar-refractivity contribution in [1.29, 1.82) is 0 Å². The van der Waals surface area contributed by atoms with Gasteiger partial charge in [0.05, 0.1) is 11.0 Å². The van der Waals surface area contributed by atoms with Gasteiger partial charge in [-0.2, -0.15) is 0 Å². The molecule has 0 bridgehead atoms. The fraction of sp³-hybridized carbons (Fsp3) is 0.0455. The van der Waals surface area contributed by atoms with Gasteiger partial charge in [0.2, 0.25) is 13.4 Å². The Hall–Kier alpha value is -5.73. The molecule has 4 aliphatic rings. The minimum absolute atomic E-state index is 0.246. The van der Waals surface area contributed by atoms with E-state index in [2.05, 4.69) is 143 Å². The summed E-state index contributed by atoms with van der Waals surface area (Å²) in [5, 5.41) is 5.41. The summed E-state index contributed by atoms with van der Waals surface area (Å²) in [6, 6.07) is 51.2. The van der Waals surface area contributed by atoms with Gasteiger partial charge in [0.15, 0.2) is 0 Å². The lowest BCUT2D eigenvalue weighted by Crippen LogP contribution is -2.60. The third-order valence-corrected chi connectivity index (χ3v) is 12.3. The van der Waals surface area contributed by atoms with Gasteiger partial charge >= 0.3 is 0 Å². The van der Waals surface area contributed by atoms with Gasteiger partial charge in [-0.05, 0) is 75.1 Å². The Kier molecular flexibility index (Phi) is 4.18. The van der Waals surface area contributed by atoms with Crippen molar-refractivity contribution in [2.24, 2.45) is 0 Å². The molecule has 7 aromatic carbocycles. The molecule has 0 saturated heterocycles. The van der Waals surface area contributed by atoms with E-state index < -0.39 is 0 Å². The Morgan fingerprint density at radius 1 is 0.375 bits per heavy atom. The molecule has 0 radical (unpaired) electrons. The van der Waals surface area contributed by atoms with E-state index in [1.807, 2.05) is 0 Å². The van der Waals surface area contributed by atoms with Crippen LogP contribution in [-0.4, -0.2) is 22.6 Å². The van der Waals surface area contributed by atoms with Gasteiger partial charge in [0, 0.05) is 44.0 Å². The van der Waals surface area contributed by atoms with E-state index in [9.17, 15) is 0 Å². The Bertz CT molecular complexity index is 2980. The zero-order valence-corrected chi connectivity index (χ0v) is 26.2. The van der Waals surface area contributed by atoms with Crippen molar-refractivity contribution < 1.29 is 0 Å². The second kappa shape index (κ2) is 8.21. The second-order valence-corrected chi connectivity index (χ2v) is 14.3. The van der Waals surface area contributed by atoms with Crippen molar-refractivity contribution in [2.75, 3.05) is 0 Å². The summed E-state index contributed by atoms with van der Waals surface area (Å²) in [6.07, 6.45) is 1.98. The van der Waals surface area contributed by atoms with Crippen LogP contribution in [0.2, 0.25) is 0 Å². The number of benzene rings is 7. The summed E-state index contributed by atoms with van der Waals surface area (Å²) in [5.41, 5.74) is 22.6. The zero-order valence-electron chi connectivity index (χ0n) is 26.2. The molecule has 6 heterocycles. The normalized spacial score (nSPS) is 14.4. The van der Waals surface area contributed by atoms with Crippen LogP contribution in [0.15, 0.2) is 133 Å². The average Bonchev–Trinajstić information content (AvgIpc) is 3.66. The van der Waals surface area contributed by atoms with Gasteiger partial charge in [-0.3, -0.25) is 0 Å². The third kappa shape index (κ3) is 2.64. The van der Waals surface area contributed by atoms with Crippen LogP contribution in [0, 0.1) is 0 Å². The molecule has 0 amide bonds. The van der Waals surface area contributed by atoms with E-state index in [4.69, 9.17) is 0 Å². The fourth-order valence-electron chi connectivity index (χ4n) is 10.6. The molecule has 2 aromatic heterocycles. The van der Waals surface area contributed by atoms with E-state index in [-0.39, 0.29) is 13.4 Å². The Morgan fingerprint density at radius 3 is 1.54 bits per heavy atom. The number of aromatic nitrogens is 2. The van der Waals surface area contributed by atoms with Crippen LogP contribution in [0.4, 0.5) is 0 Å². The SMILES string of the molecule is c1ccc2c(c1)Cc1cccc3c1B2c1cccc2c4c(ccc5c6cccc7c6n(c54)-c4cccc5c4B7c4ccccc4C5)n-3c12. The first-order chi connectivity index (χ1) is 23.8. The molecular formula is C44H26B2N2. The third-order valence-electron chi connectivity index (χ3n) is 12.3. The van der Waals surface area contributed by atoms with Crippen molar-refractivity contribution in [3.8, 4) is 11.4 Å². The molecule has 4 aliphatic heterocycles. The van der Waals surface area contributed by atoms with Gasteiger partial charge in [0.25, 0.3) is 0 Å². The van der Waals surface area contributed by atoms with E-state index in [1.54, 1.807) is 0 Å². The molecule has 9 aromatic rings. The maximum atomic E-state index is 2.65. The van der Waals surface area contributed by atoms with Crippen molar-refractivity contribution in [3.63, 3.8) is 0 Å². The quantitative estimate of drug-likeness (QED) is 0.207. The van der Waals surface area contributed by atoms with Crippen LogP contribution in [0.1, 0.15) is 22.3 Å². The summed E-state index contributed by atoms with van der Waals surface area (Å²) in [7, 11) is 0. The van der Waals surface area contributed by atoms with Gasteiger partial charge in [-0.25, -0.2) is 0 Å². The fourth-order valence-corrected chi connectivity index (χ4v) is 10.6. The summed E-state index contributed by atoms with van der Waals surface area (Å²) in [6.45, 7) is 0.496. The largest absolute Gasteiger partial charge is 0.310 e. The number of rotatable bonds is 0. The second-order valence-electron chi connectivity index (χ2n) is 14.3. The van der Waals surface area contributed by atoms with E-state index in [0.717, 1.165) is 12.8 Å². The molecule has 0 aliphatic carbocycles. The highest BCUT2D eigenvalue weighted by atomic mass is 15.0. The van der Waals surface area contributed by atoms with E-state index in [1.165, 1.54) is 110 Å². The first-order valence-corrected chi connectivity index (χ1v) is 17.3. The van der Waals surface area contributed by atoms with Gasteiger partial charge in [-0.15, -0.1) is 0 Å². The molecule has 0 saturated carbocycles. The highest BCUT2D eigenvalue weighted by molar-refractivity contribution is 6.99. The maximum absolute atomic E-state index is 2.65. The molecule has 0 unspecified atom stereocenters. The topological polar surface area (TPSA) is 9.86 Å². The number of fused-ring (bicyclic) bond motifs is 15. The van der Waals surface area contributed by atoms with E-state index in [0.29, 0.717) is 0 Å². The highest BCUT2D eigenvalue weighted by Crippen LogP contribution is 2.43. The standard InChI is InChI=1S/C44H26B2N2/c1-3-15-32-26(10-1)24-28-12-6-20-38-41(28)45(32)34-17-7-13-29-30-21-22-36-39(44(30)48(38)42(29)34)31-14-8-18-35-43(31)47(36)37-19-5-11-27-23-25-9-2-4-16-33(25)46(35)40(27)37/h1-22H,23-24H2. The minimum atomic E-state index is 0.246. The van der Waals surface area contributed by atoms with Crippen molar-refractivity contribution in [1.82, 2.24) is 9.13 Å². The number of hydrogen-bond acceptors (Lipinski definition) is 0. The molecule has 0 fully saturated rings. The predicted octanol–water partition coefficient (Wildman–Crippen LogP) is 5.35. The van der Waals surface area contributed by atoms with Crippen molar-refractivity contribution >= 4 is 89.8 Å². The molecule has 218 valence electrons. The number of para-hydroxylation sites is 2. The van der Waals surface area contributed by atoms with Gasteiger partial charge < -0.3 is 9.13 Å². The molecular weight excluding hydrogens is 578 g/mol. The maximum Gasteiger partial charge on any atom is 0.247 e. The molecule has 2 nitrogen and oxygen atoms in total. The lowest BCUT2D eigenvalue weighted by Gasteiger charge is -2.33. The average molecular weight is 604 g/mol. The van der Waals surface area contributed by atoms with E-state index >= 15 is 0 Å². The predicted molar refractivity (Wildman–Crippen MR) is 203 cm³/mol. The summed E-state index contributed by atoms with van der Waals surface area (Å²) in [5.74, 6) is 0. The molecule has 0 spiro atoms. The first kappa shape index (κ1) is 24.4. The summed E-state index contributed by atoms with van der Waals surface area (Å²) in [4.78, 5) is 0. The van der Waals surface area contributed by atoms with Crippen molar-refractivity contribution in [3.05, 3.63) is 156 Å². The first-order valence-electron chi connectivity index (χ1n) is 17.3. The smallest absolute Gasteiger partial charge is 0.247 e. The van der Waals surface area contributed by atoms with Crippen LogP contribution < -0.4 is 32.8 Å². The number of hydrogen-bond donors (Lipinski definition) is 0. The van der Waals surface area contributed by atoms with Crippen LogP contribution in [-0.2, 0) is 12.8 Å².